The van der Waals surface area contributed by atoms with Crippen LogP contribution in [0.2, 0.25) is 0 Å². The third-order valence-corrected chi connectivity index (χ3v) is 3.47. The van der Waals surface area contributed by atoms with Gasteiger partial charge in [-0.15, -0.1) is 0 Å². The van der Waals surface area contributed by atoms with Crippen LogP contribution in [0.25, 0.3) is 0 Å². The van der Waals surface area contributed by atoms with Crippen LogP contribution in [0.15, 0.2) is 24.3 Å². The molecule has 0 heterocycles. The largest absolute Gasteiger partial charge is 0.494 e. The molecule has 1 atom stereocenters. The number of carbonyl (C=O) groups is 2. The van der Waals surface area contributed by atoms with E-state index in [0.717, 1.165) is 18.6 Å². The van der Waals surface area contributed by atoms with E-state index in [4.69, 9.17) is 9.47 Å². The van der Waals surface area contributed by atoms with Crippen LogP contribution in [-0.2, 0) is 9.53 Å². The van der Waals surface area contributed by atoms with Crippen molar-refractivity contribution >= 4 is 11.9 Å². The van der Waals surface area contributed by atoms with Gasteiger partial charge in [-0.1, -0.05) is 27.2 Å². The molecule has 0 aliphatic rings. The Morgan fingerprint density at radius 2 is 1.79 bits per heavy atom. The molecular weight excluding hydrogens is 306 g/mol. The van der Waals surface area contributed by atoms with Gasteiger partial charge in [0.15, 0.2) is 0 Å². The zero-order valence-corrected chi connectivity index (χ0v) is 15.1. The lowest BCUT2D eigenvalue weighted by molar-refractivity contribution is -0.145. The number of carbonyl (C=O) groups excluding carboxylic acids is 2. The standard InChI is InChI=1S/C19H29NO4/c1-5-7-12-24-16-10-8-15(9-11-16)18(21)20-17(13-14(3)4)19(22)23-6-2/h8-11,14,17H,5-7,12-13H2,1-4H3,(H,20,21)/t17-/m0/s1. The Labute approximate surface area is 144 Å². The van der Waals surface area contributed by atoms with Gasteiger partial charge in [-0.2, -0.15) is 0 Å². The van der Waals surface area contributed by atoms with E-state index in [9.17, 15) is 9.59 Å². The van der Waals surface area contributed by atoms with Gasteiger partial charge in [0.2, 0.25) is 0 Å². The minimum absolute atomic E-state index is 0.272. The summed E-state index contributed by atoms with van der Waals surface area (Å²) in [5.74, 6) is 0.339. The molecule has 0 aliphatic carbocycles. The van der Waals surface area contributed by atoms with E-state index in [1.165, 1.54) is 0 Å². The molecule has 0 saturated carbocycles. The zero-order valence-electron chi connectivity index (χ0n) is 15.1. The van der Waals surface area contributed by atoms with Crippen molar-refractivity contribution < 1.29 is 19.1 Å². The average Bonchev–Trinajstić information content (AvgIpc) is 2.55. The number of benzene rings is 1. The molecule has 134 valence electrons. The van der Waals surface area contributed by atoms with E-state index in [-0.39, 0.29) is 17.8 Å². The second kappa shape index (κ2) is 10.7. The molecule has 0 spiro atoms. The molecule has 1 rings (SSSR count). The molecule has 0 unspecified atom stereocenters. The molecule has 1 aromatic rings. The Bertz CT molecular complexity index is 511. The summed E-state index contributed by atoms with van der Waals surface area (Å²) in [6.45, 7) is 8.83. The molecule has 1 N–H and O–H groups in total. The number of ether oxygens (including phenoxy) is 2. The highest BCUT2D eigenvalue weighted by Crippen LogP contribution is 2.14. The summed E-state index contributed by atoms with van der Waals surface area (Å²) >= 11 is 0. The Balaban J connectivity index is 2.67. The number of hydrogen-bond donors (Lipinski definition) is 1. The lowest BCUT2D eigenvalue weighted by Crippen LogP contribution is -2.42. The molecule has 0 bridgehead atoms. The summed E-state index contributed by atoms with van der Waals surface area (Å²) in [5, 5.41) is 2.77. The van der Waals surface area contributed by atoms with Crippen LogP contribution in [0.1, 0.15) is 57.3 Å². The molecule has 1 amide bonds. The summed E-state index contributed by atoms with van der Waals surface area (Å²) in [6.07, 6.45) is 2.62. The highest BCUT2D eigenvalue weighted by atomic mass is 16.5. The lowest BCUT2D eigenvalue weighted by atomic mass is 10.0. The minimum Gasteiger partial charge on any atom is -0.494 e. The van der Waals surface area contributed by atoms with Gasteiger partial charge in [0.05, 0.1) is 13.2 Å². The Morgan fingerprint density at radius 1 is 1.12 bits per heavy atom. The number of esters is 1. The second-order valence-corrected chi connectivity index (χ2v) is 6.13. The monoisotopic (exact) mass is 335 g/mol. The van der Waals surface area contributed by atoms with E-state index < -0.39 is 6.04 Å². The van der Waals surface area contributed by atoms with Crippen molar-refractivity contribution in [2.24, 2.45) is 5.92 Å². The smallest absolute Gasteiger partial charge is 0.328 e. The van der Waals surface area contributed by atoms with Crippen LogP contribution in [0.3, 0.4) is 0 Å². The van der Waals surface area contributed by atoms with E-state index in [0.29, 0.717) is 25.2 Å². The highest BCUT2D eigenvalue weighted by molar-refractivity contribution is 5.96. The molecule has 1 aromatic carbocycles. The van der Waals surface area contributed by atoms with Gasteiger partial charge in [-0.05, 0) is 49.9 Å². The Hall–Kier alpha value is -2.04. The van der Waals surface area contributed by atoms with Crippen LogP contribution in [-0.4, -0.2) is 31.1 Å². The van der Waals surface area contributed by atoms with Crippen molar-refractivity contribution in [3.63, 3.8) is 0 Å². The predicted octanol–water partition coefficient (Wildman–Crippen LogP) is 3.57. The fourth-order valence-electron chi connectivity index (χ4n) is 2.21. The van der Waals surface area contributed by atoms with Gasteiger partial charge < -0.3 is 14.8 Å². The number of unbranched alkanes of at least 4 members (excludes halogenated alkanes) is 1. The third kappa shape index (κ3) is 7.02. The molecule has 0 fully saturated rings. The van der Waals surface area contributed by atoms with E-state index in [2.05, 4.69) is 12.2 Å². The predicted molar refractivity (Wildman–Crippen MR) is 94.2 cm³/mol. The van der Waals surface area contributed by atoms with Crippen molar-refractivity contribution in [1.82, 2.24) is 5.32 Å². The number of hydrogen-bond acceptors (Lipinski definition) is 4. The average molecular weight is 335 g/mol. The first-order valence-electron chi connectivity index (χ1n) is 8.68. The van der Waals surface area contributed by atoms with Crippen molar-refractivity contribution in [3.05, 3.63) is 29.8 Å². The third-order valence-electron chi connectivity index (χ3n) is 3.47. The summed E-state index contributed by atoms with van der Waals surface area (Å²) in [6, 6.07) is 6.32. The Morgan fingerprint density at radius 3 is 2.33 bits per heavy atom. The summed E-state index contributed by atoms with van der Waals surface area (Å²) in [7, 11) is 0. The molecule has 5 heteroatoms. The second-order valence-electron chi connectivity index (χ2n) is 6.13. The maximum Gasteiger partial charge on any atom is 0.328 e. The van der Waals surface area contributed by atoms with Crippen molar-refractivity contribution in [3.8, 4) is 5.75 Å². The molecule has 5 nitrogen and oxygen atoms in total. The van der Waals surface area contributed by atoms with Gasteiger partial charge in [0, 0.05) is 5.56 Å². The van der Waals surface area contributed by atoms with Crippen LogP contribution in [0.4, 0.5) is 0 Å². The summed E-state index contributed by atoms with van der Waals surface area (Å²) in [4.78, 5) is 24.3. The molecule has 0 saturated heterocycles. The number of amides is 1. The van der Waals surface area contributed by atoms with Crippen LogP contribution < -0.4 is 10.1 Å². The van der Waals surface area contributed by atoms with Crippen LogP contribution in [0, 0.1) is 5.92 Å². The number of nitrogens with one attached hydrogen (secondary N) is 1. The Kier molecular flexibility index (Phi) is 8.90. The van der Waals surface area contributed by atoms with Gasteiger partial charge in [-0.3, -0.25) is 4.79 Å². The van der Waals surface area contributed by atoms with E-state index >= 15 is 0 Å². The SMILES string of the molecule is CCCCOc1ccc(C(=O)N[C@@H](CC(C)C)C(=O)OCC)cc1. The summed E-state index contributed by atoms with van der Waals surface area (Å²) in [5.41, 5.74) is 0.496. The maximum atomic E-state index is 12.4. The zero-order chi connectivity index (χ0) is 17.9. The van der Waals surface area contributed by atoms with Gasteiger partial charge in [-0.25, -0.2) is 4.79 Å². The van der Waals surface area contributed by atoms with Crippen LogP contribution in [0.5, 0.6) is 5.75 Å². The van der Waals surface area contributed by atoms with Gasteiger partial charge >= 0.3 is 5.97 Å². The molecule has 0 aromatic heterocycles. The fourth-order valence-corrected chi connectivity index (χ4v) is 2.21. The van der Waals surface area contributed by atoms with Crippen molar-refractivity contribution in [2.75, 3.05) is 13.2 Å². The van der Waals surface area contributed by atoms with Crippen LogP contribution >= 0.6 is 0 Å². The van der Waals surface area contributed by atoms with Crippen molar-refractivity contribution in [1.29, 1.82) is 0 Å². The quantitative estimate of drug-likeness (QED) is 0.524. The molecule has 0 radical (unpaired) electrons. The minimum atomic E-state index is -0.627. The van der Waals surface area contributed by atoms with Gasteiger partial charge in [0.25, 0.3) is 5.91 Å². The van der Waals surface area contributed by atoms with E-state index in [1.807, 2.05) is 13.8 Å². The lowest BCUT2D eigenvalue weighted by Gasteiger charge is -2.19. The first-order valence-corrected chi connectivity index (χ1v) is 8.68. The fraction of sp³-hybridized carbons (Fsp3) is 0.579. The molecule has 24 heavy (non-hydrogen) atoms. The normalized spacial score (nSPS) is 11.9. The molecular formula is C19H29NO4. The first kappa shape index (κ1) is 20.0. The highest BCUT2D eigenvalue weighted by Gasteiger charge is 2.23. The first-order chi connectivity index (χ1) is 11.5. The topological polar surface area (TPSA) is 64.6 Å². The van der Waals surface area contributed by atoms with E-state index in [1.54, 1.807) is 31.2 Å². The summed E-state index contributed by atoms with van der Waals surface area (Å²) < 4.78 is 10.6. The van der Waals surface area contributed by atoms with Gasteiger partial charge in [0.1, 0.15) is 11.8 Å². The number of rotatable bonds is 10. The maximum absolute atomic E-state index is 12.4. The van der Waals surface area contributed by atoms with Crippen molar-refractivity contribution in [2.45, 2.75) is 53.0 Å². The molecule has 0 aliphatic heterocycles.